The van der Waals surface area contributed by atoms with Crippen LogP contribution in [0, 0.1) is 5.82 Å². The Bertz CT molecular complexity index is 984. The van der Waals surface area contributed by atoms with Gasteiger partial charge in [0.05, 0.1) is 6.54 Å². The van der Waals surface area contributed by atoms with Crippen molar-refractivity contribution in [2.75, 3.05) is 13.1 Å². The fourth-order valence-corrected chi connectivity index (χ4v) is 2.97. The molecular formula is C21H25FIN5O. The molecule has 0 bridgehead atoms. The highest BCUT2D eigenvalue weighted by Crippen LogP contribution is 2.19. The van der Waals surface area contributed by atoms with Gasteiger partial charge in [0.15, 0.2) is 5.96 Å². The predicted molar refractivity (Wildman–Crippen MR) is 125 cm³/mol. The topological polar surface area (TPSA) is 95.3 Å². The average Bonchev–Trinajstić information content (AvgIpc) is 3.08. The molecule has 154 valence electrons. The third-order valence-corrected chi connectivity index (χ3v) is 4.42. The first-order chi connectivity index (χ1) is 13.6. The van der Waals surface area contributed by atoms with Crippen LogP contribution in [0.15, 0.2) is 53.7 Å². The minimum atomic E-state index is -0.440. The number of carbonyl (C=O) groups is 1. The Kier molecular flexibility index (Phi) is 8.44. The Balaban J connectivity index is 0.00000300. The summed E-state index contributed by atoms with van der Waals surface area (Å²) in [6, 6.07) is 11.9. The second-order valence-corrected chi connectivity index (χ2v) is 6.44. The van der Waals surface area contributed by atoms with Gasteiger partial charge in [-0.25, -0.2) is 9.38 Å². The van der Waals surface area contributed by atoms with Gasteiger partial charge in [-0.05, 0) is 54.8 Å². The number of nitrogens with zero attached hydrogens (tertiary/aromatic N) is 1. The zero-order valence-electron chi connectivity index (χ0n) is 16.2. The van der Waals surface area contributed by atoms with E-state index in [-0.39, 0.29) is 29.8 Å². The number of primary amides is 1. The first-order valence-electron chi connectivity index (χ1n) is 9.23. The molecule has 0 saturated carbocycles. The molecule has 0 aliphatic heterocycles. The Morgan fingerprint density at radius 2 is 1.93 bits per heavy atom. The van der Waals surface area contributed by atoms with Crippen molar-refractivity contribution in [2.24, 2.45) is 10.7 Å². The lowest BCUT2D eigenvalue weighted by atomic mass is 10.1. The predicted octanol–water partition coefficient (Wildman–Crippen LogP) is 3.32. The molecule has 0 spiro atoms. The van der Waals surface area contributed by atoms with Crippen LogP contribution < -0.4 is 16.4 Å². The molecule has 3 rings (SSSR count). The summed E-state index contributed by atoms with van der Waals surface area (Å²) in [4.78, 5) is 18.8. The van der Waals surface area contributed by atoms with Crippen LogP contribution in [0.3, 0.4) is 0 Å². The second-order valence-electron chi connectivity index (χ2n) is 6.44. The molecule has 5 N–H and O–H groups in total. The van der Waals surface area contributed by atoms with E-state index < -0.39 is 5.91 Å². The minimum Gasteiger partial charge on any atom is -0.366 e. The molecule has 29 heavy (non-hydrogen) atoms. The monoisotopic (exact) mass is 509 g/mol. The summed E-state index contributed by atoms with van der Waals surface area (Å²) in [7, 11) is 0. The maximum absolute atomic E-state index is 13.3. The lowest BCUT2D eigenvalue weighted by Crippen LogP contribution is -2.38. The molecule has 1 heterocycles. The van der Waals surface area contributed by atoms with Crippen molar-refractivity contribution in [3.63, 3.8) is 0 Å². The van der Waals surface area contributed by atoms with E-state index in [9.17, 15) is 9.18 Å². The number of rotatable bonds is 7. The zero-order valence-corrected chi connectivity index (χ0v) is 18.5. The number of nitrogens with two attached hydrogens (primary N) is 1. The number of aliphatic imine (C=N–C) groups is 1. The van der Waals surface area contributed by atoms with E-state index >= 15 is 0 Å². The van der Waals surface area contributed by atoms with Crippen molar-refractivity contribution in [1.82, 2.24) is 15.6 Å². The smallest absolute Gasteiger partial charge is 0.248 e. The number of guanidine groups is 1. The van der Waals surface area contributed by atoms with E-state index in [1.54, 1.807) is 18.2 Å². The molecule has 1 amide bonds. The van der Waals surface area contributed by atoms with Gasteiger partial charge in [-0.2, -0.15) is 0 Å². The zero-order chi connectivity index (χ0) is 19.9. The van der Waals surface area contributed by atoms with E-state index in [2.05, 4.69) is 20.6 Å². The van der Waals surface area contributed by atoms with Crippen molar-refractivity contribution >= 4 is 46.7 Å². The summed E-state index contributed by atoms with van der Waals surface area (Å²) >= 11 is 0. The van der Waals surface area contributed by atoms with Crippen LogP contribution in [-0.2, 0) is 13.0 Å². The summed E-state index contributed by atoms with van der Waals surface area (Å²) in [6.07, 6.45) is 2.69. The first kappa shape index (κ1) is 22.7. The molecule has 0 radical (unpaired) electrons. The minimum absolute atomic E-state index is 0. The first-order valence-corrected chi connectivity index (χ1v) is 9.23. The Hall–Kier alpha value is -2.62. The van der Waals surface area contributed by atoms with E-state index in [4.69, 9.17) is 5.73 Å². The molecule has 0 unspecified atom stereocenters. The number of fused-ring (bicyclic) bond motifs is 1. The van der Waals surface area contributed by atoms with Gasteiger partial charge in [0.2, 0.25) is 5.91 Å². The number of H-pyrrole nitrogens is 1. The largest absolute Gasteiger partial charge is 0.366 e. The second kappa shape index (κ2) is 10.8. The van der Waals surface area contributed by atoms with Gasteiger partial charge in [-0.15, -0.1) is 24.0 Å². The average molecular weight is 509 g/mol. The molecule has 0 aliphatic rings. The fourth-order valence-electron chi connectivity index (χ4n) is 2.97. The standard InChI is InChI=1S/C21H24FN5O.HI/c1-2-24-21(27-12-14-3-5-15(6-4-14)20(23)28)25-10-9-16-13-26-19-11-17(22)7-8-18(16)19;/h3-8,11,13,26H,2,9-10,12H2,1H3,(H2,23,28)(H2,24,25,27);1H. The van der Waals surface area contributed by atoms with Crippen molar-refractivity contribution in [2.45, 2.75) is 19.9 Å². The van der Waals surface area contributed by atoms with Gasteiger partial charge in [0.1, 0.15) is 5.82 Å². The van der Waals surface area contributed by atoms with Crippen molar-refractivity contribution in [3.05, 3.63) is 71.2 Å². The van der Waals surface area contributed by atoms with Crippen LogP contribution in [0.2, 0.25) is 0 Å². The Morgan fingerprint density at radius 1 is 1.17 bits per heavy atom. The van der Waals surface area contributed by atoms with E-state index in [1.807, 2.05) is 25.3 Å². The number of halogens is 2. The molecule has 8 heteroatoms. The highest BCUT2D eigenvalue weighted by Gasteiger charge is 2.05. The fraction of sp³-hybridized carbons (Fsp3) is 0.238. The number of amides is 1. The number of hydrogen-bond donors (Lipinski definition) is 4. The van der Waals surface area contributed by atoms with Crippen molar-refractivity contribution in [1.29, 1.82) is 0 Å². The van der Waals surface area contributed by atoms with Gasteiger partial charge in [-0.1, -0.05) is 12.1 Å². The number of aromatic nitrogens is 1. The highest BCUT2D eigenvalue weighted by atomic mass is 127. The SMILES string of the molecule is CCNC(=NCc1ccc(C(N)=O)cc1)NCCc1c[nH]c2cc(F)ccc12.I. The summed E-state index contributed by atoms with van der Waals surface area (Å²) in [5, 5.41) is 7.55. The van der Waals surface area contributed by atoms with Crippen LogP contribution in [-0.4, -0.2) is 29.9 Å². The maximum Gasteiger partial charge on any atom is 0.248 e. The Morgan fingerprint density at radius 3 is 2.62 bits per heavy atom. The van der Waals surface area contributed by atoms with Crippen LogP contribution in [0.1, 0.15) is 28.4 Å². The van der Waals surface area contributed by atoms with Gasteiger partial charge >= 0.3 is 0 Å². The quantitative estimate of drug-likeness (QED) is 0.224. The lowest BCUT2D eigenvalue weighted by Gasteiger charge is -2.11. The van der Waals surface area contributed by atoms with Crippen LogP contribution in [0.25, 0.3) is 10.9 Å². The molecule has 1 aromatic heterocycles. The number of hydrogen-bond acceptors (Lipinski definition) is 2. The summed E-state index contributed by atoms with van der Waals surface area (Å²) in [6.45, 7) is 3.93. The molecule has 0 saturated heterocycles. The molecule has 0 aliphatic carbocycles. The van der Waals surface area contributed by atoms with Crippen LogP contribution in [0.4, 0.5) is 4.39 Å². The highest BCUT2D eigenvalue weighted by molar-refractivity contribution is 14.0. The number of aromatic amines is 1. The summed E-state index contributed by atoms with van der Waals surface area (Å²) in [5.41, 5.74) is 8.65. The van der Waals surface area contributed by atoms with E-state index in [0.29, 0.717) is 24.6 Å². The lowest BCUT2D eigenvalue weighted by molar-refractivity contribution is 0.100. The van der Waals surface area contributed by atoms with E-state index in [1.165, 1.54) is 12.1 Å². The van der Waals surface area contributed by atoms with E-state index in [0.717, 1.165) is 35.0 Å². The van der Waals surface area contributed by atoms with Gasteiger partial charge in [0, 0.05) is 35.8 Å². The molecular weight excluding hydrogens is 484 g/mol. The van der Waals surface area contributed by atoms with Crippen molar-refractivity contribution in [3.8, 4) is 0 Å². The Labute approximate surface area is 186 Å². The van der Waals surface area contributed by atoms with Gasteiger partial charge < -0.3 is 21.4 Å². The van der Waals surface area contributed by atoms with Gasteiger partial charge in [0.25, 0.3) is 0 Å². The third-order valence-electron chi connectivity index (χ3n) is 4.42. The number of nitrogens with one attached hydrogen (secondary N) is 3. The summed E-state index contributed by atoms with van der Waals surface area (Å²) < 4.78 is 13.3. The molecule has 2 aromatic carbocycles. The third kappa shape index (κ3) is 6.18. The van der Waals surface area contributed by atoms with Crippen LogP contribution in [0.5, 0.6) is 0 Å². The number of carbonyl (C=O) groups excluding carboxylic acids is 1. The molecule has 0 fully saturated rings. The van der Waals surface area contributed by atoms with Crippen molar-refractivity contribution < 1.29 is 9.18 Å². The molecule has 3 aromatic rings. The normalized spacial score (nSPS) is 11.2. The maximum atomic E-state index is 13.3. The van der Waals surface area contributed by atoms with Gasteiger partial charge in [-0.3, -0.25) is 4.79 Å². The van der Waals surface area contributed by atoms with Crippen LogP contribution >= 0.6 is 24.0 Å². The molecule has 6 nitrogen and oxygen atoms in total. The number of benzene rings is 2. The molecule has 0 atom stereocenters. The summed E-state index contributed by atoms with van der Waals surface area (Å²) in [5.74, 6) is 0.0295.